The first kappa shape index (κ1) is 20.7. The molecule has 0 amide bonds. The molecular formula is C22H32N4O. The number of nitrogens with one attached hydrogen (secondary N) is 2. The van der Waals surface area contributed by atoms with Gasteiger partial charge in [-0.25, -0.2) is 0 Å². The average Bonchev–Trinajstić information content (AvgIpc) is 2.67. The van der Waals surface area contributed by atoms with E-state index in [1.54, 1.807) is 0 Å². The number of guanidine groups is 1. The van der Waals surface area contributed by atoms with Gasteiger partial charge in [-0.1, -0.05) is 32.0 Å². The van der Waals surface area contributed by atoms with E-state index < -0.39 is 0 Å². The molecule has 0 spiro atoms. The zero-order valence-corrected chi connectivity index (χ0v) is 16.9. The number of aliphatic imine (C=N–C) groups is 1. The maximum atomic E-state index is 5.75. The van der Waals surface area contributed by atoms with Crippen LogP contribution in [0.25, 0.3) is 0 Å². The van der Waals surface area contributed by atoms with Gasteiger partial charge in [0.1, 0.15) is 5.75 Å². The highest BCUT2D eigenvalue weighted by atomic mass is 16.5. The van der Waals surface area contributed by atoms with E-state index >= 15 is 0 Å². The van der Waals surface area contributed by atoms with Gasteiger partial charge in [0.2, 0.25) is 0 Å². The molecule has 0 saturated heterocycles. The molecule has 146 valence electrons. The summed E-state index contributed by atoms with van der Waals surface area (Å²) in [6.45, 7) is 10.8. The van der Waals surface area contributed by atoms with Crippen LogP contribution in [-0.4, -0.2) is 30.6 Å². The number of aromatic nitrogens is 1. The Morgan fingerprint density at radius 3 is 2.52 bits per heavy atom. The third-order valence-corrected chi connectivity index (χ3v) is 4.02. The third kappa shape index (κ3) is 7.69. The molecule has 1 heterocycles. The Morgan fingerprint density at radius 2 is 1.89 bits per heavy atom. The first-order valence-electron chi connectivity index (χ1n) is 9.76. The van der Waals surface area contributed by atoms with E-state index in [1.165, 1.54) is 5.56 Å². The van der Waals surface area contributed by atoms with Crippen LogP contribution < -0.4 is 15.4 Å². The van der Waals surface area contributed by atoms with Gasteiger partial charge < -0.3 is 15.4 Å². The lowest BCUT2D eigenvalue weighted by molar-refractivity contribution is 0.271. The molecule has 0 radical (unpaired) electrons. The molecule has 0 aliphatic rings. The molecule has 0 fully saturated rings. The van der Waals surface area contributed by atoms with Crippen molar-refractivity contribution in [1.29, 1.82) is 0 Å². The topological polar surface area (TPSA) is 58.5 Å². The number of ether oxygens (including phenoxy) is 1. The van der Waals surface area contributed by atoms with Crippen molar-refractivity contribution >= 4 is 5.96 Å². The predicted octanol–water partition coefficient (Wildman–Crippen LogP) is 3.98. The Kier molecular flexibility index (Phi) is 8.62. The van der Waals surface area contributed by atoms with E-state index in [9.17, 15) is 0 Å². The number of hydrogen-bond donors (Lipinski definition) is 2. The van der Waals surface area contributed by atoms with Crippen molar-refractivity contribution in [3.8, 4) is 5.75 Å². The van der Waals surface area contributed by atoms with E-state index in [4.69, 9.17) is 4.74 Å². The quantitative estimate of drug-likeness (QED) is 0.519. The van der Waals surface area contributed by atoms with Crippen LogP contribution in [0.4, 0.5) is 0 Å². The minimum Gasteiger partial charge on any atom is -0.493 e. The Balaban J connectivity index is 1.91. The Bertz CT molecular complexity index is 683. The summed E-state index contributed by atoms with van der Waals surface area (Å²) in [4.78, 5) is 9.01. The Morgan fingerprint density at radius 1 is 1.11 bits per heavy atom. The van der Waals surface area contributed by atoms with E-state index in [1.807, 2.05) is 36.5 Å². The summed E-state index contributed by atoms with van der Waals surface area (Å²) in [6.07, 6.45) is 2.65. The summed E-state index contributed by atoms with van der Waals surface area (Å²) in [5.41, 5.74) is 2.25. The van der Waals surface area contributed by atoms with Gasteiger partial charge >= 0.3 is 0 Å². The maximum Gasteiger partial charge on any atom is 0.191 e. The molecule has 0 saturated carbocycles. The fraction of sp³-hybridized carbons (Fsp3) is 0.455. The SMILES string of the molecule is CCNC(=NCCc1ccccn1)NC(C)c1ccc(OCC(C)C)cc1. The normalized spacial score (nSPS) is 12.7. The number of rotatable bonds is 9. The van der Waals surface area contributed by atoms with Crippen molar-refractivity contribution in [3.05, 3.63) is 59.9 Å². The van der Waals surface area contributed by atoms with Crippen molar-refractivity contribution in [2.24, 2.45) is 10.9 Å². The minimum atomic E-state index is 0.150. The fourth-order valence-electron chi connectivity index (χ4n) is 2.55. The molecule has 5 nitrogen and oxygen atoms in total. The minimum absolute atomic E-state index is 0.150. The van der Waals surface area contributed by atoms with Crippen molar-refractivity contribution in [2.75, 3.05) is 19.7 Å². The summed E-state index contributed by atoms with van der Waals surface area (Å²) in [5.74, 6) is 2.26. The van der Waals surface area contributed by atoms with Crippen LogP contribution in [-0.2, 0) is 6.42 Å². The molecular weight excluding hydrogens is 336 g/mol. The molecule has 0 aliphatic heterocycles. The van der Waals surface area contributed by atoms with Crippen LogP contribution in [0.3, 0.4) is 0 Å². The van der Waals surface area contributed by atoms with Crippen molar-refractivity contribution in [1.82, 2.24) is 15.6 Å². The van der Waals surface area contributed by atoms with Gasteiger partial charge in [-0.15, -0.1) is 0 Å². The van der Waals surface area contributed by atoms with Crippen LogP contribution in [0.1, 0.15) is 45.0 Å². The number of pyridine rings is 1. The second-order valence-corrected chi connectivity index (χ2v) is 6.97. The van der Waals surface area contributed by atoms with Crippen molar-refractivity contribution in [3.63, 3.8) is 0 Å². The zero-order valence-electron chi connectivity index (χ0n) is 16.9. The molecule has 1 atom stereocenters. The predicted molar refractivity (Wildman–Crippen MR) is 112 cm³/mol. The van der Waals surface area contributed by atoms with Crippen LogP contribution in [0, 0.1) is 5.92 Å². The lowest BCUT2D eigenvalue weighted by Gasteiger charge is -2.18. The van der Waals surface area contributed by atoms with E-state index in [-0.39, 0.29) is 6.04 Å². The summed E-state index contributed by atoms with van der Waals surface area (Å²) in [6, 6.07) is 14.4. The van der Waals surface area contributed by atoms with E-state index in [0.29, 0.717) is 12.5 Å². The maximum absolute atomic E-state index is 5.75. The highest BCUT2D eigenvalue weighted by Crippen LogP contribution is 2.18. The monoisotopic (exact) mass is 368 g/mol. The molecule has 2 N–H and O–H groups in total. The molecule has 27 heavy (non-hydrogen) atoms. The zero-order chi connectivity index (χ0) is 19.5. The highest BCUT2D eigenvalue weighted by Gasteiger charge is 2.08. The molecule has 2 aromatic rings. The van der Waals surface area contributed by atoms with Gasteiger partial charge in [0.05, 0.1) is 12.6 Å². The van der Waals surface area contributed by atoms with Gasteiger partial charge in [0, 0.05) is 31.4 Å². The van der Waals surface area contributed by atoms with Crippen LogP contribution in [0.5, 0.6) is 5.75 Å². The lowest BCUT2D eigenvalue weighted by atomic mass is 10.1. The number of nitrogens with zero attached hydrogens (tertiary/aromatic N) is 2. The van der Waals surface area contributed by atoms with Gasteiger partial charge in [-0.3, -0.25) is 9.98 Å². The summed E-state index contributed by atoms with van der Waals surface area (Å²) in [5, 5.41) is 6.78. The first-order valence-corrected chi connectivity index (χ1v) is 9.76. The van der Waals surface area contributed by atoms with Crippen LogP contribution in [0.2, 0.25) is 0 Å². The molecule has 1 aromatic carbocycles. The molecule has 1 unspecified atom stereocenters. The third-order valence-electron chi connectivity index (χ3n) is 4.02. The average molecular weight is 369 g/mol. The van der Waals surface area contributed by atoms with Gasteiger partial charge in [0.15, 0.2) is 5.96 Å². The number of benzene rings is 1. The van der Waals surface area contributed by atoms with Crippen molar-refractivity contribution in [2.45, 2.75) is 40.2 Å². The van der Waals surface area contributed by atoms with E-state index in [0.717, 1.165) is 37.0 Å². The van der Waals surface area contributed by atoms with Gasteiger partial charge in [0.25, 0.3) is 0 Å². The van der Waals surface area contributed by atoms with Crippen LogP contribution in [0.15, 0.2) is 53.7 Å². The fourth-order valence-corrected chi connectivity index (χ4v) is 2.55. The smallest absolute Gasteiger partial charge is 0.191 e. The molecule has 0 bridgehead atoms. The van der Waals surface area contributed by atoms with Crippen molar-refractivity contribution < 1.29 is 4.74 Å². The second-order valence-electron chi connectivity index (χ2n) is 6.97. The second kappa shape index (κ2) is 11.2. The summed E-state index contributed by atoms with van der Waals surface area (Å²) in [7, 11) is 0. The van der Waals surface area contributed by atoms with Gasteiger partial charge in [-0.2, -0.15) is 0 Å². The summed E-state index contributed by atoms with van der Waals surface area (Å²) < 4.78 is 5.75. The first-order chi connectivity index (χ1) is 13.1. The largest absolute Gasteiger partial charge is 0.493 e. The Labute approximate surface area is 163 Å². The molecule has 1 aromatic heterocycles. The van der Waals surface area contributed by atoms with Crippen LogP contribution >= 0.6 is 0 Å². The van der Waals surface area contributed by atoms with E-state index in [2.05, 4.69) is 60.4 Å². The molecule has 0 aliphatic carbocycles. The molecule has 5 heteroatoms. The molecule has 2 rings (SSSR count). The Hall–Kier alpha value is -2.56. The summed E-state index contributed by atoms with van der Waals surface area (Å²) >= 11 is 0. The highest BCUT2D eigenvalue weighted by molar-refractivity contribution is 5.80. The lowest BCUT2D eigenvalue weighted by Crippen LogP contribution is -2.38. The standard InChI is InChI=1S/C22H32N4O/c1-5-23-22(25-15-13-20-8-6-7-14-24-20)26-18(4)19-9-11-21(12-10-19)27-16-17(2)3/h6-12,14,17-18H,5,13,15-16H2,1-4H3,(H2,23,25,26). The van der Waals surface area contributed by atoms with Gasteiger partial charge in [-0.05, 0) is 49.6 Å². The number of hydrogen-bond acceptors (Lipinski definition) is 3.